The van der Waals surface area contributed by atoms with Gasteiger partial charge in [-0.25, -0.2) is 0 Å². The summed E-state index contributed by atoms with van der Waals surface area (Å²) in [5.41, 5.74) is -8.81. The lowest BCUT2D eigenvalue weighted by atomic mass is 9.67. The first kappa shape index (κ1) is 39.3. The van der Waals surface area contributed by atoms with Crippen molar-refractivity contribution in [2.24, 2.45) is 5.41 Å². The van der Waals surface area contributed by atoms with Crippen molar-refractivity contribution in [3.8, 4) is 0 Å². The highest BCUT2D eigenvalue weighted by molar-refractivity contribution is 6.01. The average Bonchev–Trinajstić information content (AvgIpc) is 2.70. The molecular weight excluding hydrogens is 688 g/mol. The number of carboxylic acid groups (broad SMARTS) is 2. The summed E-state index contributed by atoms with van der Waals surface area (Å²) in [5, 5.41) is 16.7. The minimum absolute atomic E-state index is 5.57. The van der Waals surface area contributed by atoms with E-state index in [9.17, 15) is 115 Å². The normalized spacial score (nSPS) is 16.5. The highest BCUT2D eigenvalue weighted by atomic mass is 19.4. The van der Waals surface area contributed by atoms with E-state index in [0.29, 0.717) is 0 Å². The molecule has 0 fully saturated rings. The first-order chi connectivity index (χ1) is 17.6. The Bertz CT molecular complexity index is 1050. The fourth-order valence-electron chi connectivity index (χ4n) is 2.64. The summed E-state index contributed by atoms with van der Waals surface area (Å²) in [6.45, 7) is 0. The van der Waals surface area contributed by atoms with Crippen molar-refractivity contribution in [1.29, 1.82) is 0 Å². The van der Waals surface area contributed by atoms with Crippen molar-refractivity contribution in [2.75, 3.05) is 0 Å². The molecule has 0 aliphatic carbocycles. The maximum absolute atomic E-state index is 14.4. The number of hydrogen-bond acceptors (Lipinski definition) is 2. The van der Waals surface area contributed by atoms with Crippen LogP contribution in [0.1, 0.15) is 0 Å². The molecule has 0 saturated carbocycles. The maximum atomic E-state index is 14.4. The van der Waals surface area contributed by atoms with Gasteiger partial charge in [0.05, 0.1) is 0 Å². The Morgan fingerprint density at radius 1 is 0.286 bits per heavy atom. The SMILES string of the molecule is O=C(O)C(C(=O)O)(C(F)(F)C(F)(F)C(F)(F)C(F)(F)C(F)(F)F)C(F)(F)C(F)(F)C(F)(F)C(F)(F)C(F)(F)C(F)(F)F. The van der Waals surface area contributed by atoms with E-state index in [0.717, 1.165) is 0 Å². The third kappa shape index (κ3) is 4.18. The van der Waals surface area contributed by atoms with Crippen LogP contribution < -0.4 is 0 Å². The maximum Gasteiger partial charge on any atom is 0.460 e. The van der Waals surface area contributed by atoms with Gasteiger partial charge in [-0.1, -0.05) is 0 Å². The Kier molecular flexibility index (Phi) is 8.77. The highest BCUT2D eigenvalue weighted by Gasteiger charge is 3.01. The second-order valence-corrected chi connectivity index (χ2v) is 7.53. The first-order valence-electron chi connectivity index (χ1n) is 8.64. The minimum atomic E-state index is -9.61. The van der Waals surface area contributed by atoms with Crippen LogP contribution in [0.5, 0.6) is 0 Å². The zero-order chi connectivity index (χ0) is 35.2. The van der Waals surface area contributed by atoms with Gasteiger partial charge >= 0.3 is 83.0 Å². The van der Waals surface area contributed by atoms with Crippen LogP contribution in [-0.2, 0) is 9.59 Å². The molecule has 28 heteroatoms. The lowest BCUT2D eigenvalue weighted by Gasteiger charge is -2.48. The Hall–Kier alpha value is -2.74. The van der Waals surface area contributed by atoms with Crippen LogP contribution >= 0.6 is 0 Å². The highest BCUT2D eigenvalue weighted by Crippen LogP contribution is 2.69. The number of carbonyl (C=O) groups is 2. The molecule has 0 rings (SSSR count). The van der Waals surface area contributed by atoms with E-state index in [1.54, 1.807) is 0 Å². The van der Waals surface area contributed by atoms with Gasteiger partial charge in [0.1, 0.15) is 0 Å². The zero-order valence-corrected chi connectivity index (χ0v) is 17.8. The zero-order valence-electron chi connectivity index (χ0n) is 17.8. The van der Waals surface area contributed by atoms with E-state index < -0.39 is 83.0 Å². The quantitative estimate of drug-likeness (QED) is 0.181. The largest absolute Gasteiger partial charge is 0.480 e. The average molecular weight is 690 g/mol. The third-order valence-electron chi connectivity index (χ3n) is 5.06. The van der Waals surface area contributed by atoms with E-state index in [4.69, 9.17) is 10.2 Å². The molecule has 0 aliphatic rings. The van der Waals surface area contributed by atoms with Crippen LogP contribution in [0.3, 0.4) is 0 Å². The van der Waals surface area contributed by atoms with Gasteiger partial charge in [-0.15, -0.1) is 0 Å². The molecule has 42 heavy (non-hydrogen) atoms. The van der Waals surface area contributed by atoms with Gasteiger partial charge < -0.3 is 10.2 Å². The summed E-state index contributed by atoms with van der Waals surface area (Å²) < 4.78 is 318. The molecule has 0 aromatic carbocycles. The van der Waals surface area contributed by atoms with E-state index in [1.165, 1.54) is 0 Å². The molecule has 0 radical (unpaired) electrons. The molecule has 250 valence electrons. The van der Waals surface area contributed by atoms with Gasteiger partial charge in [-0.2, -0.15) is 105 Å². The van der Waals surface area contributed by atoms with Crippen molar-refractivity contribution < 1.29 is 125 Å². The molecule has 0 spiro atoms. The fourth-order valence-corrected chi connectivity index (χ4v) is 2.64. The molecule has 0 unspecified atom stereocenters. The number of rotatable bonds is 11. The van der Waals surface area contributed by atoms with Crippen LogP contribution in [0.25, 0.3) is 0 Å². The van der Waals surface area contributed by atoms with Crippen molar-refractivity contribution in [2.45, 2.75) is 65.7 Å². The smallest absolute Gasteiger partial charge is 0.460 e. The van der Waals surface area contributed by atoms with Gasteiger partial charge in [0, 0.05) is 0 Å². The van der Waals surface area contributed by atoms with Crippen LogP contribution in [0.2, 0.25) is 0 Å². The van der Waals surface area contributed by atoms with Gasteiger partial charge in [0.2, 0.25) is 0 Å². The Morgan fingerprint density at radius 2 is 0.429 bits per heavy atom. The van der Waals surface area contributed by atoms with Crippen LogP contribution in [0, 0.1) is 5.41 Å². The lowest BCUT2D eigenvalue weighted by molar-refractivity contribution is -0.463. The molecule has 0 bridgehead atoms. The van der Waals surface area contributed by atoms with Crippen molar-refractivity contribution in [1.82, 2.24) is 0 Å². The number of halogens is 24. The van der Waals surface area contributed by atoms with Crippen LogP contribution in [-0.4, -0.2) is 87.8 Å². The van der Waals surface area contributed by atoms with Crippen LogP contribution in [0.15, 0.2) is 0 Å². The van der Waals surface area contributed by atoms with Gasteiger partial charge in [0.15, 0.2) is 0 Å². The molecule has 2 N–H and O–H groups in total. The van der Waals surface area contributed by atoms with E-state index in [2.05, 4.69) is 0 Å². The van der Waals surface area contributed by atoms with E-state index >= 15 is 0 Å². The molecule has 0 aliphatic heterocycles. The Labute approximate surface area is 209 Å². The number of aliphatic carboxylic acids is 2. The summed E-state index contributed by atoms with van der Waals surface area (Å²) in [7, 11) is 0. The standard InChI is InChI=1S/C14H2F24O4/c15-4(16,6(19,20)8(23,24)10(27,28)12(31,32)14(36,37)38)3(1(39)40,2(41)42)5(17,18)7(21,22)9(25,26)11(29,30)13(33,34)35/h(H,39,40)(H,41,42). The molecule has 0 aromatic heterocycles. The second-order valence-electron chi connectivity index (χ2n) is 7.53. The molecule has 0 aromatic rings. The summed E-state index contributed by atoms with van der Waals surface area (Å²) in [6.07, 6.45) is -16.5. The van der Waals surface area contributed by atoms with Gasteiger partial charge in [0.25, 0.3) is 0 Å². The molecule has 0 amide bonds. The van der Waals surface area contributed by atoms with Crippen molar-refractivity contribution in [3.63, 3.8) is 0 Å². The minimum Gasteiger partial charge on any atom is -0.480 e. The lowest BCUT2D eigenvalue weighted by Crippen LogP contribution is -2.81. The van der Waals surface area contributed by atoms with E-state index in [1.807, 2.05) is 0 Å². The number of carboxylic acids is 2. The number of alkyl halides is 24. The predicted molar refractivity (Wildman–Crippen MR) is 74.3 cm³/mol. The summed E-state index contributed by atoms with van der Waals surface area (Å²) >= 11 is 0. The van der Waals surface area contributed by atoms with Crippen molar-refractivity contribution in [3.05, 3.63) is 0 Å². The van der Waals surface area contributed by atoms with Crippen LogP contribution in [0.4, 0.5) is 105 Å². The fraction of sp³-hybridized carbons (Fsp3) is 0.857. The molecular formula is C14H2F24O4. The topological polar surface area (TPSA) is 74.6 Å². The summed E-state index contributed by atoms with van der Waals surface area (Å²) in [6, 6.07) is 0. The molecule has 0 heterocycles. The number of hydrogen-bond donors (Lipinski definition) is 2. The first-order valence-corrected chi connectivity index (χ1v) is 8.64. The van der Waals surface area contributed by atoms with E-state index in [-0.39, 0.29) is 0 Å². The Balaban J connectivity index is 8.16. The van der Waals surface area contributed by atoms with Crippen molar-refractivity contribution >= 4 is 11.9 Å². The van der Waals surface area contributed by atoms with Gasteiger partial charge in [-0.3, -0.25) is 9.59 Å². The molecule has 0 atom stereocenters. The molecule has 4 nitrogen and oxygen atoms in total. The molecule has 0 saturated heterocycles. The Morgan fingerprint density at radius 3 is 0.571 bits per heavy atom. The third-order valence-corrected chi connectivity index (χ3v) is 5.06. The second kappa shape index (κ2) is 9.38. The van der Waals surface area contributed by atoms with Gasteiger partial charge in [-0.05, 0) is 0 Å². The summed E-state index contributed by atoms with van der Waals surface area (Å²) in [5.74, 6) is -94.6. The predicted octanol–water partition coefficient (Wildman–Crippen LogP) is 6.98. The summed E-state index contributed by atoms with van der Waals surface area (Å²) in [4.78, 5) is 21.9. The monoisotopic (exact) mass is 690 g/mol.